The average molecular weight is 487 g/mol. The third-order valence-corrected chi connectivity index (χ3v) is 6.25. The van der Waals surface area contributed by atoms with Gasteiger partial charge < -0.3 is 25.5 Å². The van der Waals surface area contributed by atoms with Crippen molar-refractivity contribution in [3.63, 3.8) is 0 Å². The minimum absolute atomic E-state index is 0.0705. The molecule has 5 N–H and O–H groups in total. The van der Waals surface area contributed by atoms with Crippen LogP contribution >= 0.6 is 11.3 Å². The van der Waals surface area contributed by atoms with Crippen molar-refractivity contribution in [3.8, 4) is 28.4 Å². The molecule has 0 radical (unpaired) electrons. The number of carboxylic acid groups (broad SMARTS) is 1. The number of thiophene rings is 1. The van der Waals surface area contributed by atoms with Gasteiger partial charge in [-0.3, -0.25) is 9.59 Å². The number of anilines is 1. The summed E-state index contributed by atoms with van der Waals surface area (Å²) < 4.78 is 0. The Morgan fingerprint density at radius 3 is 2.51 bits per heavy atom. The number of fused-ring (bicyclic) bond motifs is 1. The number of amides is 1. The Hall–Kier alpha value is -4.70. The Balaban J connectivity index is 1.48. The third kappa shape index (κ3) is 4.18. The van der Waals surface area contributed by atoms with Crippen LogP contribution in [0.1, 0.15) is 16.1 Å². The maximum atomic E-state index is 13.1. The van der Waals surface area contributed by atoms with E-state index in [1.165, 1.54) is 11.3 Å². The average Bonchev–Trinajstić information content (AvgIpc) is 3.46. The second-order valence-corrected chi connectivity index (χ2v) is 8.47. The van der Waals surface area contributed by atoms with Gasteiger partial charge in [0.2, 0.25) is 11.7 Å². The predicted molar refractivity (Wildman–Crippen MR) is 133 cm³/mol. The highest BCUT2D eigenvalue weighted by Crippen LogP contribution is 2.33. The molecule has 0 saturated carbocycles. The molecule has 0 aliphatic carbocycles. The number of carbonyl (C=O) groups excluding carboxylic acids is 1. The van der Waals surface area contributed by atoms with Gasteiger partial charge in [-0.2, -0.15) is 0 Å². The Kier molecular flexibility index (Phi) is 5.63. The molecule has 0 fully saturated rings. The number of hydrogen-bond donors (Lipinski definition) is 5. The van der Waals surface area contributed by atoms with Gasteiger partial charge in [0.1, 0.15) is 5.82 Å². The fraction of sp³-hybridized carbons (Fsp3) is 0.0400. The highest BCUT2D eigenvalue weighted by atomic mass is 32.1. The number of nitrogens with one attached hydrogen (secondary N) is 3. The summed E-state index contributed by atoms with van der Waals surface area (Å²) in [5.74, 6) is -2.89. The molecular formula is C25H18N4O5S. The first-order valence-corrected chi connectivity index (χ1v) is 11.4. The predicted octanol–water partition coefficient (Wildman–Crippen LogP) is 4.23. The molecule has 2 aromatic carbocycles. The molecule has 10 heteroatoms. The summed E-state index contributed by atoms with van der Waals surface area (Å²) in [5.41, 5.74) is 2.51. The van der Waals surface area contributed by atoms with Crippen molar-refractivity contribution >= 4 is 39.8 Å². The molecule has 0 bridgehead atoms. The third-order valence-electron chi connectivity index (χ3n) is 5.50. The second kappa shape index (κ2) is 8.92. The van der Waals surface area contributed by atoms with Crippen LogP contribution in [0.4, 0.5) is 5.69 Å². The van der Waals surface area contributed by atoms with Gasteiger partial charge in [0.15, 0.2) is 5.69 Å². The van der Waals surface area contributed by atoms with E-state index in [0.29, 0.717) is 11.3 Å². The minimum Gasteiger partial charge on any atom is -0.501 e. The molecule has 3 aromatic heterocycles. The first kappa shape index (κ1) is 22.1. The van der Waals surface area contributed by atoms with E-state index in [1.54, 1.807) is 10.8 Å². The number of carboxylic acids is 1. The maximum absolute atomic E-state index is 13.1. The zero-order valence-electron chi connectivity index (χ0n) is 18.0. The van der Waals surface area contributed by atoms with E-state index in [1.807, 2.05) is 54.6 Å². The molecule has 0 atom stereocenters. The second-order valence-electron chi connectivity index (χ2n) is 7.73. The van der Waals surface area contributed by atoms with Crippen molar-refractivity contribution in [3.05, 3.63) is 87.0 Å². The molecule has 0 saturated heterocycles. The number of benzene rings is 2. The molecule has 1 amide bonds. The molecule has 35 heavy (non-hydrogen) atoms. The van der Waals surface area contributed by atoms with Gasteiger partial charge in [-0.1, -0.05) is 48.5 Å². The van der Waals surface area contributed by atoms with E-state index >= 15 is 0 Å². The van der Waals surface area contributed by atoms with Crippen LogP contribution in [-0.4, -0.2) is 37.0 Å². The van der Waals surface area contributed by atoms with Crippen molar-refractivity contribution in [1.82, 2.24) is 15.0 Å². The fourth-order valence-electron chi connectivity index (χ4n) is 3.91. The molecule has 0 aliphatic rings. The van der Waals surface area contributed by atoms with Crippen molar-refractivity contribution < 1.29 is 19.8 Å². The number of aromatic carboxylic acids is 1. The summed E-state index contributed by atoms with van der Waals surface area (Å²) in [6.45, 7) is 0. The summed E-state index contributed by atoms with van der Waals surface area (Å²) in [4.78, 5) is 46.1. The summed E-state index contributed by atoms with van der Waals surface area (Å²) in [6.07, 6.45) is 0.0728. The molecule has 0 aliphatic heterocycles. The van der Waals surface area contributed by atoms with Gasteiger partial charge in [0.25, 0.3) is 5.56 Å². The van der Waals surface area contributed by atoms with E-state index in [2.05, 4.69) is 20.3 Å². The number of rotatable bonds is 6. The Labute approximate surface area is 201 Å². The van der Waals surface area contributed by atoms with Crippen LogP contribution in [0, 0.1) is 0 Å². The van der Waals surface area contributed by atoms with Crippen LogP contribution < -0.4 is 10.9 Å². The van der Waals surface area contributed by atoms with Crippen LogP contribution in [0.25, 0.3) is 33.5 Å². The topological polar surface area (TPSA) is 148 Å². The van der Waals surface area contributed by atoms with E-state index < -0.39 is 23.0 Å². The van der Waals surface area contributed by atoms with E-state index in [-0.39, 0.29) is 18.2 Å². The van der Waals surface area contributed by atoms with Crippen LogP contribution in [0.2, 0.25) is 0 Å². The lowest BCUT2D eigenvalue weighted by molar-refractivity contribution is -0.115. The van der Waals surface area contributed by atoms with Crippen LogP contribution in [0.3, 0.4) is 0 Å². The van der Waals surface area contributed by atoms with Crippen molar-refractivity contribution in [1.29, 1.82) is 0 Å². The lowest BCUT2D eigenvalue weighted by Crippen LogP contribution is -2.17. The molecular weight excluding hydrogens is 468 g/mol. The number of aromatic amines is 2. The molecule has 0 spiro atoms. The first-order chi connectivity index (χ1) is 16.9. The van der Waals surface area contributed by atoms with Gasteiger partial charge in [0.05, 0.1) is 23.4 Å². The van der Waals surface area contributed by atoms with E-state index in [0.717, 1.165) is 27.7 Å². The monoisotopic (exact) mass is 486 g/mol. The Morgan fingerprint density at radius 1 is 1.00 bits per heavy atom. The summed E-state index contributed by atoms with van der Waals surface area (Å²) in [6, 6.07) is 17.5. The summed E-state index contributed by atoms with van der Waals surface area (Å²) >= 11 is 1.25. The first-order valence-electron chi connectivity index (χ1n) is 10.5. The fourth-order valence-corrected chi connectivity index (χ4v) is 4.68. The number of H-pyrrole nitrogens is 2. The lowest BCUT2D eigenvalue weighted by Gasteiger charge is -2.09. The van der Waals surface area contributed by atoms with Gasteiger partial charge in [0, 0.05) is 21.7 Å². The number of nitrogens with zero attached hydrogens (tertiary/aromatic N) is 1. The standard InChI is InChI=1S/C25H18N4O5S/c30-19(10-15-14-8-4-5-9-17(14)27-20(15)13-6-2-1-3-7-13)26-18-12-35-11-16(18)23-28-21(25(33)34)22(31)24(32)29-23/h1-9,11-12,27,31H,10H2,(H,26,30)(H,33,34)(H,28,29,32). The van der Waals surface area contributed by atoms with Crippen molar-refractivity contribution in [2.75, 3.05) is 5.32 Å². The molecule has 5 aromatic rings. The van der Waals surface area contributed by atoms with Crippen molar-refractivity contribution in [2.24, 2.45) is 0 Å². The number of carbonyl (C=O) groups is 2. The molecule has 174 valence electrons. The Bertz CT molecular complexity index is 1630. The molecule has 5 rings (SSSR count). The zero-order valence-corrected chi connectivity index (χ0v) is 18.8. The number of para-hydroxylation sites is 1. The number of aromatic nitrogens is 3. The summed E-state index contributed by atoms with van der Waals surface area (Å²) in [5, 5.41) is 26.0. The lowest BCUT2D eigenvalue weighted by atomic mass is 10.0. The molecule has 0 unspecified atom stereocenters. The smallest absolute Gasteiger partial charge is 0.358 e. The van der Waals surface area contributed by atoms with Gasteiger partial charge in [-0.05, 0) is 17.2 Å². The SMILES string of the molecule is O=C(Cc1c(-c2ccccc2)[nH]c2ccccc12)Nc1cscc1-c1nc(C(=O)O)c(O)c(=O)[nH]1. The van der Waals surface area contributed by atoms with Crippen molar-refractivity contribution in [2.45, 2.75) is 6.42 Å². The highest BCUT2D eigenvalue weighted by molar-refractivity contribution is 7.08. The van der Waals surface area contributed by atoms with E-state index in [4.69, 9.17) is 0 Å². The van der Waals surface area contributed by atoms with Crippen LogP contribution in [0.5, 0.6) is 5.75 Å². The Morgan fingerprint density at radius 2 is 1.74 bits per heavy atom. The quantitative estimate of drug-likeness (QED) is 0.243. The molecule has 3 heterocycles. The molecule has 9 nitrogen and oxygen atoms in total. The van der Waals surface area contributed by atoms with Crippen LogP contribution in [0.15, 0.2) is 70.2 Å². The van der Waals surface area contributed by atoms with Gasteiger partial charge in [-0.15, -0.1) is 11.3 Å². The summed E-state index contributed by atoms with van der Waals surface area (Å²) in [7, 11) is 0. The normalized spacial score (nSPS) is 11.0. The number of hydrogen-bond acceptors (Lipinski definition) is 6. The van der Waals surface area contributed by atoms with Crippen LogP contribution in [-0.2, 0) is 11.2 Å². The van der Waals surface area contributed by atoms with Gasteiger partial charge in [-0.25, -0.2) is 9.78 Å². The minimum atomic E-state index is -1.54. The maximum Gasteiger partial charge on any atom is 0.358 e. The van der Waals surface area contributed by atoms with E-state index in [9.17, 15) is 24.6 Å². The largest absolute Gasteiger partial charge is 0.501 e. The van der Waals surface area contributed by atoms with Gasteiger partial charge >= 0.3 is 5.97 Å². The highest BCUT2D eigenvalue weighted by Gasteiger charge is 2.21. The number of aromatic hydroxyl groups is 1. The zero-order chi connectivity index (χ0) is 24.5.